The number of amides is 1. The Labute approximate surface area is 167 Å². The van der Waals surface area contributed by atoms with E-state index >= 15 is 0 Å². The number of aromatic nitrogens is 3. The van der Waals surface area contributed by atoms with Gasteiger partial charge in [-0.1, -0.05) is 6.42 Å². The van der Waals surface area contributed by atoms with Crippen molar-refractivity contribution in [3.63, 3.8) is 0 Å². The highest BCUT2D eigenvalue weighted by molar-refractivity contribution is 5.85. The quantitative estimate of drug-likeness (QED) is 0.826. The van der Waals surface area contributed by atoms with Gasteiger partial charge in [-0.2, -0.15) is 5.10 Å². The lowest BCUT2D eigenvalue weighted by atomic mass is 9.65. The van der Waals surface area contributed by atoms with Crippen LogP contribution in [-0.4, -0.2) is 45.1 Å². The molecule has 5 rings (SSSR count). The SMILES string of the molecule is Cl.NC1C2CCCC1CC(C(=O)N1CCCC(c3n[nH]c(C4CC4)n3)C1)C2. The Morgan fingerprint density at radius 2 is 1.78 bits per heavy atom. The number of nitrogens with zero attached hydrogens (tertiary/aromatic N) is 3. The molecule has 1 aromatic rings. The maximum Gasteiger partial charge on any atom is 0.225 e. The van der Waals surface area contributed by atoms with Gasteiger partial charge in [-0.25, -0.2) is 4.98 Å². The number of rotatable bonds is 3. The fraction of sp³-hybridized carbons (Fsp3) is 0.850. The molecule has 2 heterocycles. The van der Waals surface area contributed by atoms with Crippen LogP contribution < -0.4 is 5.73 Å². The lowest BCUT2D eigenvalue weighted by molar-refractivity contribution is -0.139. The number of nitrogens with two attached hydrogens (primary N) is 1. The van der Waals surface area contributed by atoms with Crippen LogP contribution >= 0.6 is 12.4 Å². The number of likely N-dealkylation sites (tertiary alicyclic amines) is 1. The first kappa shape index (κ1) is 19.2. The van der Waals surface area contributed by atoms with E-state index in [1.807, 2.05) is 0 Å². The van der Waals surface area contributed by atoms with Crippen molar-refractivity contribution in [3.8, 4) is 0 Å². The normalized spacial score (nSPS) is 36.2. The molecule has 1 aromatic heterocycles. The minimum absolute atomic E-state index is 0. The summed E-state index contributed by atoms with van der Waals surface area (Å²) in [7, 11) is 0. The molecule has 4 aliphatic rings. The van der Waals surface area contributed by atoms with Crippen LogP contribution in [0, 0.1) is 17.8 Å². The highest BCUT2D eigenvalue weighted by Gasteiger charge is 2.42. The van der Waals surface area contributed by atoms with Gasteiger partial charge in [0.15, 0.2) is 5.82 Å². The summed E-state index contributed by atoms with van der Waals surface area (Å²) in [4.78, 5) is 20.1. The molecule has 3 aliphatic carbocycles. The van der Waals surface area contributed by atoms with Crippen molar-refractivity contribution in [2.45, 2.75) is 75.7 Å². The smallest absolute Gasteiger partial charge is 0.225 e. The average molecular weight is 394 g/mol. The summed E-state index contributed by atoms with van der Waals surface area (Å²) in [5.74, 6) is 4.56. The minimum atomic E-state index is 0. The van der Waals surface area contributed by atoms with E-state index in [0.717, 1.165) is 50.4 Å². The molecule has 0 radical (unpaired) electrons. The van der Waals surface area contributed by atoms with E-state index in [2.05, 4.69) is 15.1 Å². The predicted molar refractivity (Wildman–Crippen MR) is 106 cm³/mol. The first-order chi connectivity index (χ1) is 12.7. The second-order valence-corrected chi connectivity index (χ2v) is 9.17. The lowest BCUT2D eigenvalue weighted by Gasteiger charge is -2.45. The number of carbonyl (C=O) groups is 1. The first-order valence-corrected chi connectivity index (χ1v) is 10.7. The molecule has 0 aromatic carbocycles. The number of fused-ring (bicyclic) bond motifs is 2. The van der Waals surface area contributed by atoms with Crippen molar-refractivity contribution in [2.75, 3.05) is 13.1 Å². The fourth-order valence-corrected chi connectivity index (χ4v) is 5.65. The topological polar surface area (TPSA) is 87.9 Å². The zero-order valence-corrected chi connectivity index (χ0v) is 16.8. The zero-order valence-electron chi connectivity index (χ0n) is 16.0. The Morgan fingerprint density at radius 1 is 1.04 bits per heavy atom. The number of piperidine rings is 1. The van der Waals surface area contributed by atoms with Crippen LogP contribution in [0.15, 0.2) is 0 Å². The van der Waals surface area contributed by atoms with Crippen molar-refractivity contribution in [1.82, 2.24) is 20.1 Å². The molecule has 6 nitrogen and oxygen atoms in total. The van der Waals surface area contributed by atoms with Crippen molar-refractivity contribution in [1.29, 1.82) is 0 Å². The molecule has 3 atom stereocenters. The Bertz CT molecular complexity index is 661. The Kier molecular flexibility index (Phi) is 5.48. The largest absolute Gasteiger partial charge is 0.342 e. The number of hydrogen-bond acceptors (Lipinski definition) is 4. The van der Waals surface area contributed by atoms with Gasteiger partial charge in [0.25, 0.3) is 0 Å². The number of aromatic amines is 1. The second-order valence-electron chi connectivity index (χ2n) is 9.17. The number of hydrogen-bond donors (Lipinski definition) is 2. The fourth-order valence-electron chi connectivity index (χ4n) is 5.65. The van der Waals surface area contributed by atoms with Gasteiger partial charge in [0.2, 0.25) is 5.91 Å². The summed E-state index contributed by atoms with van der Waals surface area (Å²) in [5.41, 5.74) is 6.41. The van der Waals surface area contributed by atoms with Crippen molar-refractivity contribution in [2.24, 2.45) is 23.5 Å². The molecule has 7 heteroatoms. The molecular formula is C20H32ClN5O. The van der Waals surface area contributed by atoms with Crippen LogP contribution in [0.4, 0.5) is 0 Å². The summed E-state index contributed by atoms with van der Waals surface area (Å²) in [6, 6.07) is 0.330. The summed E-state index contributed by atoms with van der Waals surface area (Å²) in [6.07, 6.45) is 10.3. The third kappa shape index (κ3) is 3.75. The van der Waals surface area contributed by atoms with Gasteiger partial charge < -0.3 is 10.6 Å². The van der Waals surface area contributed by atoms with Crippen molar-refractivity contribution in [3.05, 3.63) is 11.6 Å². The first-order valence-electron chi connectivity index (χ1n) is 10.7. The predicted octanol–water partition coefficient (Wildman–Crippen LogP) is 2.96. The molecule has 1 saturated heterocycles. The highest BCUT2D eigenvalue weighted by Crippen LogP contribution is 2.43. The van der Waals surface area contributed by atoms with Crippen LogP contribution in [0.2, 0.25) is 0 Å². The molecule has 27 heavy (non-hydrogen) atoms. The summed E-state index contributed by atoms with van der Waals surface area (Å²) >= 11 is 0. The number of carbonyl (C=O) groups excluding carboxylic acids is 1. The molecule has 1 amide bonds. The van der Waals surface area contributed by atoms with Crippen molar-refractivity contribution < 1.29 is 4.79 Å². The minimum Gasteiger partial charge on any atom is -0.342 e. The zero-order chi connectivity index (χ0) is 17.7. The van der Waals surface area contributed by atoms with Gasteiger partial charge in [0, 0.05) is 36.9 Å². The maximum atomic E-state index is 13.2. The molecule has 2 bridgehead atoms. The molecular weight excluding hydrogens is 362 g/mol. The Balaban J connectivity index is 0.00000180. The average Bonchev–Trinajstić information content (AvgIpc) is 3.38. The van der Waals surface area contributed by atoms with Crippen LogP contribution in [0.3, 0.4) is 0 Å². The Hall–Kier alpha value is -1.14. The molecule has 1 aliphatic heterocycles. The van der Waals surface area contributed by atoms with E-state index in [1.165, 1.54) is 32.1 Å². The summed E-state index contributed by atoms with van der Waals surface area (Å²) < 4.78 is 0. The molecule has 150 valence electrons. The summed E-state index contributed by atoms with van der Waals surface area (Å²) in [5, 5.41) is 7.60. The van der Waals surface area contributed by atoms with E-state index in [9.17, 15) is 4.79 Å². The van der Waals surface area contributed by atoms with Crippen LogP contribution in [-0.2, 0) is 4.79 Å². The van der Waals surface area contributed by atoms with Gasteiger partial charge in [-0.05, 0) is 63.2 Å². The molecule has 3 unspecified atom stereocenters. The monoisotopic (exact) mass is 393 g/mol. The molecule has 4 fully saturated rings. The van der Waals surface area contributed by atoms with Gasteiger partial charge in [-0.3, -0.25) is 9.89 Å². The maximum absolute atomic E-state index is 13.2. The van der Waals surface area contributed by atoms with Gasteiger partial charge in [0.1, 0.15) is 5.82 Å². The third-order valence-electron chi connectivity index (χ3n) is 7.34. The second kappa shape index (κ2) is 7.70. The third-order valence-corrected chi connectivity index (χ3v) is 7.34. The van der Waals surface area contributed by atoms with Gasteiger partial charge >= 0.3 is 0 Å². The Morgan fingerprint density at radius 3 is 2.48 bits per heavy atom. The highest BCUT2D eigenvalue weighted by atomic mass is 35.5. The van der Waals surface area contributed by atoms with Gasteiger partial charge in [0.05, 0.1) is 0 Å². The van der Waals surface area contributed by atoms with E-state index < -0.39 is 0 Å². The molecule has 3 N–H and O–H groups in total. The number of nitrogens with one attached hydrogen (secondary N) is 1. The van der Waals surface area contributed by atoms with E-state index in [-0.39, 0.29) is 18.3 Å². The van der Waals surface area contributed by atoms with Crippen LogP contribution in [0.5, 0.6) is 0 Å². The van der Waals surface area contributed by atoms with E-state index in [0.29, 0.717) is 35.6 Å². The van der Waals surface area contributed by atoms with E-state index in [1.54, 1.807) is 0 Å². The molecule has 3 saturated carbocycles. The number of halogens is 1. The van der Waals surface area contributed by atoms with Gasteiger partial charge in [-0.15, -0.1) is 12.4 Å². The lowest BCUT2D eigenvalue weighted by Crippen LogP contribution is -2.51. The number of H-pyrrole nitrogens is 1. The molecule has 0 spiro atoms. The van der Waals surface area contributed by atoms with Crippen molar-refractivity contribution >= 4 is 18.3 Å². The van der Waals surface area contributed by atoms with Crippen LogP contribution in [0.25, 0.3) is 0 Å². The van der Waals surface area contributed by atoms with E-state index in [4.69, 9.17) is 10.7 Å². The standard InChI is InChI=1S/C20H31N5O.ClH/c21-17-13-3-1-4-14(17)10-16(9-13)20(26)25-8-2-5-15(11-25)19-22-18(23-24-19)12-6-7-12;/h12-17H,1-11,21H2,(H,22,23,24);1H. The van der Waals surface area contributed by atoms with Crippen LogP contribution in [0.1, 0.15) is 81.3 Å². The summed E-state index contributed by atoms with van der Waals surface area (Å²) in [6.45, 7) is 1.69.